The lowest BCUT2D eigenvalue weighted by molar-refractivity contribution is -0.152. The number of amides is 1. The topological polar surface area (TPSA) is 65.1 Å². The summed E-state index contributed by atoms with van der Waals surface area (Å²) >= 11 is 0. The molecule has 156 valence electrons. The summed E-state index contributed by atoms with van der Waals surface area (Å²) in [6, 6.07) is 10.3. The van der Waals surface area contributed by atoms with Crippen molar-refractivity contribution < 1.29 is 28.2 Å². The molecule has 0 aromatic heterocycles. The van der Waals surface area contributed by atoms with Gasteiger partial charge in [-0.05, 0) is 48.7 Å². The molecule has 0 unspecified atom stereocenters. The normalized spacial score (nSPS) is 10.4. The van der Waals surface area contributed by atoms with Crippen LogP contribution in [0.4, 0.5) is 4.39 Å². The molecule has 0 saturated carbocycles. The second-order valence-electron chi connectivity index (χ2n) is 6.75. The van der Waals surface area contributed by atoms with E-state index in [1.54, 1.807) is 13.1 Å². The lowest BCUT2D eigenvalue weighted by Crippen LogP contribution is -2.31. The van der Waals surface area contributed by atoms with Crippen molar-refractivity contribution in [2.75, 3.05) is 27.4 Å². The summed E-state index contributed by atoms with van der Waals surface area (Å²) in [4.78, 5) is 25.3. The first-order chi connectivity index (χ1) is 13.8. The van der Waals surface area contributed by atoms with E-state index < -0.39 is 11.8 Å². The van der Waals surface area contributed by atoms with E-state index in [1.165, 1.54) is 24.1 Å². The Morgan fingerprint density at radius 2 is 1.83 bits per heavy atom. The third-order valence-corrected chi connectivity index (χ3v) is 4.33. The number of hydrogen-bond donors (Lipinski definition) is 0. The second kappa shape index (κ2) is 10.5. The van der Waals surface area contributed by atoms with Crippen LogP contribution in [0.3, 0.4) is 0 Å². The first-order valence-corrected chi connectivity index (χ1v) is 9.22. The quantitative estimate of drug-likeness (QED) is 0.601. The van der Waals surface area contributed by atoms with Crippen LogP contribution in [0.5, 0.6) is 11.5 Å². The van der Waals surface area contributed by atoms with Crippen LogP contribution in [0, 0.1) is 19.7 Å². The number of hydrogen-bond acceptors (Lipinski definition) is 5. The number of nitrogens with zero attached hydrogens (tertiary/aromatic N) is 1. The molecular formula is C22H26FNO5. The summed E-state index contributed by atoms with van der Waals surface area (Å²) in [7, 11) is 2.94. The highest BCUT2D eigenvalue weighted by molar-refractivity contribution is 5.80. The molecule has 0 spiro atoms. The second-order valence-corrected chi connectivity index (χ2v) is 6.75. The van der Waals surface area contributed by atoms with Gasteiger partial charge in [0.05, 0.1) is 20.1 Å². The van der Waals surface area contributed by atoms with Crippen LogP contribution < -0.4 is 9.47 Å². The largest absolute Gasteiger partial charge is 0.494 e. The Morgan fingerprint density at radius 1 is 1.07 bits per heavy atom. The fourth-order valence-corrected chi connectivity index (χ4v) is 2.60. The first kappa shape index (κ1) is 22.2. The van der Waals surface area contributed by atoms with Crippen LogP contribution in [-0.4, -0.2) is 44.1 Å². The fourth-order valence-electron chi connectivity index (χ4n) is 2.60. The molecule has 0 saturated heterocycles. The van der Waals surface area contributed by atoms with Gasteiger partial charge in [-0.1, -0.05) is 18.2 Å². The van der Waals surface area contributed by atoms with E-state index in [0.29, 0.717) is 5.56 Å². The van der Waals surface area contributed by atoms with Crippen LogP contribution in [0.25, 0.3) is 0 Å². The number of benzene rings is 2. The summed E-state index contributed by atoms with van der Waals surface area (Å²) in [6.07, 6.45) is 0.0358. The van der Waals surface area contributed by atoms with E-state index in [2.05, 4.69) is 0 Å². The molecule has 0 aliphatic rings. The van der Waals surface area contributed by atoms with Crippen molar-refractivity contribution in [1.82, 2.24) is 4.90 Å². The van der Waals surface area contributed by atoms with E-state index in [1.807, 2.05) is 32.0 Å². The highest BCUT2D eigenvalue weighted by Gasteiger charge is 2.14. The summed E-state index contributed by atoms with van der Waals surface area (Å²) in [5, 5.41) is 0. The summed E-state index contributed by atoms with van der Waals surface area (Å²) in [5.74, 6) is -0.543. The summed E-state index contributed by atoms with van der Waals surface area (Å²) in [6.45, 7) is 3.86. The smallest absolute Gasteiger partial charge is 0.309 e. The summed E-state index contributed by atoms with van der Waals surface area (Å²) in [5.41, 5.74) is 2.65. The van der Waals surface area contributed by atoms with Crippen LogP contribution in [-0.2, 0) is 20.9 Å². The molecule has 7 heteroatoms. The van der Waals surface area contributed by atoms with E-state index in [-0.39, 0.29) is 37.8 Å². The van der Waals surface area contributed by atoms with Gasteiger partial charge in [-0.25, -0.2) is 4.39 Å². The van der Waals surface area contributed by atoms with Crippen LogP contribution in [0.15, 0.2) is 36.4 Å². The number of aryl methyl sites for hydroxylation is 2. The van der Waals surface area contributed by atoms with E-state index in [9.17, 15) is 14.0 Å². The van der Waals surface area contributed by atoms with Gasteiger partial charge in [0.2, 0.25) is 0 Å². The zero-order valence-corrected chi connectivity index (χ0v) is 17.2. The van der Waals surface area contributed by atoms with Gasteiger partial charge in [0.1, 0.15) is 5.75 Å². The number of halogens is 1. The number of ether oxygens (including phenoxy) is 3. The monoisotopic (exact) mass is 403 g/mol. The molecule has 0 atom stereocenters. The van der Waals surface area contributed by atoms with Crippen molar-refractivity contribution in [3.8, 4) is 11.5 Å². The highest BCUT2D eigenvalue weighted by Crippen LogP contribution is 2.20. The van der Waals surface area contributed by atoms with E-state index in [4.69, 9.17) is 14.2 Å². The molecule has 2 aromatic carbocycles. The average molecular weight is 403 g/mol. The highest BCUT2D eigenvalue weighted by atomic mass is 19.1. The zero-order chi connectivity index (χ0) is 21.4. The molecule has 0 N–H and O–H groups in total. The maximum atomic E-state index is 13.7. The third kappa shape index (κ3) is 6.78. The van der Waals surface area contributed by atoms with Crippen molar-refractivity contribution in [2.45, 2.75) is 26.8 Å². The molecule has 0 aliphatic heterocycles. The van der Waals surface area contributed by atoms with Gasteiger partial charge in [-0.2, -0.15) is 0 Å². The van der Waals surface area contributed by atoms with Crippen LogP contribution in [0.2, 0.25) is 0 Å². The Balaban J connectivity index is 1.74. The van der Waals surface area contributed by atoms with Crippen molar-refractivity contribution in [2.24, 2.45) is 0 Å². The molecule has 29 heavy (non-hydrogen) atoms. The number of carbonyl (C=O) groups excluding carboxylic acids is 2. The number of carbonyl (C=O) groups is 2. The minimum absolute atomic E-state index is 0.0358. The fraction of sp³-hybridized carbons (Fsp3) is 0.364. The van der Waals surface area contributed by atoms with Gasteiger partial charge in [0, 0.05) is 13.6 Å². The number of methoxy groups -OCH3 is 1. The minimum atomic E-state index is -0.521. The van der Waals surface area contributed by atoms with Gasteiger partial charge in [0.15, 0.2) is 18.2 Å². The molecule has 1 amide bonds. The molecule has 0 radical (unpaired) electrons. The average Bonchev–Trinajstić information content (AvgIpc) is 2.68. The predicted octanol–water partition coefficient (Wildman–Crippen LogP) is 3.42. The van der Waals surface area contributed by atoms with Gasteiger partial charge < -0.3 is 19.1 Å². The molecule has 0 bridgehead atoms. The number of esters is 1. The van der Waals surface area contributed by atoms with Gasteiger partial charge in [-0.3, -0.25) is 9.59 Å². The lowest BCUT2D eigenvalue weighted by atomic mass is 10.1. The Morgan fingerprint density at radius 3 is 2.52 bits per heavy atom. The number of likely N-dealkylation sites (N-methyl/N-ethyl adjacent to an activating group) is 1. The van der Waals surface area contributed by atoms with Crippen molar-refractivity contribution in [3.05, 3.63) is 58.9 Å². The molecule has 6 nitrogen and oxygen atoms in total. The van der Waals surface area contributed by atoms with E-state index >= 15 is 0 Å². The Bertz CT molecular complexity index is 868. The zero-order valence-electron chi connectivity index (χ0n) is 17.2. The third-order valence-electron chi connectivity index (χ3n) is 4.33. The lowest BCUT2D eigenvalue weighted by Gasteiger charge is -2.17. The van der Waals surface area contributed by atoms with Crippen LogP contribution >= 0.6 is 0 Å². The summed E-state index contributed by atoms with van der Waals surface area (Å²) < 4.78 is 29.2. The molecule has 2 rings (SSSR count). The van der Waals surface area contributed by atoms with Gasteiger partial charge in [0.25, 0.3) is 5.91 Å². The Hall–Kier alpha value is -3.09. The Kier molecular flexibility index (Phi) is 8.00. The van der Waals surface area contributed by atoms with Gasteiger partial charge >= 0.3 is 5.97 Å². The molecule has 0 heterocycles. The number of rotatable bonds is 9. The maximum Gasteiger partial charge on any atom is 0.309 e. The molecular weight excluding hydrogens is 377 g/mol. The van der Waals surface area contributed by atoms with Gasteiger partial charge in [-0.15, -0.1) is 0 Å². The van der Waals surface area contributed by atoms with Crippen molar-refractivity contribution >= 4 is 11.9 Å². The molecule has 0 aliphatic carbocycles. The van der Waals surface area contributed by atoms with Crippen LogP contribution in [0.1, 0.15) is 23.1 Å². The van der Waals surface area contributed by atoms with Crippen molar-refractivity contribution in [1.29, 1.82) is 0 Å². The van der Waals surface area contributed by atoms with Crippen molar-refractivity contribution in [3.63, 3.8) is 0 Å². The van der Waals surface area contributed by atoms with E-state index in [0.717, 1.165) is 16.9 Å². The molecule has 0 fully saturated rings. The predicted molar refractivity (Wildman–Crippen MR) is 106 cm³/mol. The standard InChI is InChI=1S/C22H26FNO5/c1-15-5-6-16(2)20(11-15)28-10-9-22(26)29-14-21(25)24(3)13-17-7-8-19(27-4)18(23)12-17/h5-8,11-12H,9-10,13-14H2,1-4H3. The Labute approximate surface area is 170 Å². The first-order valence-electron chi connectivity index (χ1n) is 9.22. The minimum Gasteiger partial charge on any atom is -0.494 e. The maximum absolute atomic E-state index is 13.7. The SMILES string of the molecule is COc1ccc(CN(C)C(=O)COC(=O)CCOc2cc(C)ccc2C)cc1F. The molecule has 2 aromatic rings.